The van der Waals surface area contributed by atoms with Gasteiger partial charge in [-0.05, 0) is 53.9 Å². The van der Waals surface area contributed by atoms with Crippen LogP contribution in [0, 0.1) is 48.6 Å². The van der Waals surface area contributed by atoms with Crippen molar-refractivity contribution < 1.29 is 53.6 Å². The van der Waals surface area contributed by atoms with Crippen LogP contribution >= 0.6 is 0 Å². The summed E-state index contributed by atoms with van der Waals surface area (Å²) in [5, 5.41) is 70.2. The molecule has 0 saturated carbocycles. The summed E-state index contributed by atoms with van der Waals surface area (Å²) in [4.78, 5) is 121. The van der Waals surface area contributed by atoms with E-state index in [1.54, 1.807) is 58.9 Å². The molecule has 0 unspecified atom stereocenters. The Bertz CT molecular complexity index is 2710. The summed E-state index contributed by atoms with van der Waals surface area (Å²) in [6, 6.07) is 8.17. The number of nitro benzene ring substituents is 3. The molecule has 1 aromatic heterocycles. The first kappa shape index (κ1) is 58.4. The standard InChI is InChI=1S/C48H62BN11O14/c1-9-41(49(67)68)55-45(64)35(20-27(2)3)54-47(66)42(48(6,7)8)56-46(65)37(22-31-13-11-10-12-28(31)4)53-43(62)36(21-30-14-16-33(17-15-30)58(69)70)52-44(63)38(51-29(5)61)23-32-25-57(26-50-32)39-19-18-34(59(71)72)24-40(39)60(73)74/h10-19,24-27,35-38,41-42,67-68H,9,20-23H2,1-8H3,(H,51,61)(H,52,63)(H,53,62)(H,54,66)(H,55,64)(H,56,65)/t35-,36+,37-,38+,41-,42+/m0/s1. The SMILES string of the molecule is CC[C@H](NC(=O)[C@H](CC(C)C)NC(=O)[C@@H](NC(=O)[C@H](Cc1ccccc1C)NC(=O)[C@@H](Cc1ccc([N+](=O)[O-])cc1)NC(=O)[C@@H](Cc1cn(-c2ccc([N+](=O)[O-])cc2[N+](=O)[O-])cn1)NC(C)=O)C(C)(C)C)B(O)O. The number of carbonyl (C=O) groups is 6. The Labute approximate surface area is 426 Å². The summed E-state index contributed by atoms with van der Waals surface area (Å²) >= 11 is 0. The fourth-order valence-electron chi connectivity index (χ4n) is 7.81. The second-order valence-corrected chi connectivity index (χ2v) is 19.2. The normalized spacial score (nSPS) is 13.7. The minimum Gasteiger partial charge on any atom is -0.426 e. The molecule has 0 aliphatic rings. The second kappa shape index (κ2) is 26.0. The quantitative estimate of drug-likeness (QED) is 0.0268. The van der Waals surface area contributed by atoms with Gasteiger partial charge in [-0.3, -0.25) is 63.7 Å². The van der Waals surface area contributed by atoms with Gasteiger partial charge in [0.15, 0.2) is 0 Å². The number of nitrogens with zero attached hydrogens (tertiary/aromatic N) is 5. The average molecular weight is 1030 g/mol. The number of imidazole rings is 1. The van der Waals surface area contributed by atoms with Gasteiger partial charge in [0.2, 0.25) is 35.4 Å². The van der Waals surface area contributed by atoms with E-state index >= 15 is 0 Å². The van der Waals surface area contributed by atoms with Crippen molar-refractivity contribution in [2.75, 3.05) is 0 Å². The van der Waals surface area contributed by atoms with Crippen LogP contribution in [0.2, 0.25) is 0 Å². The Morgan fingerprint density at radius 3 is 1.76 bits per heavy atom. The first-order chi connectivity index (χ1) is 34.7. The molecule has 8 N–H and O–H groups in total. The van der Waals surface area contributed by atoms with E-state index in [2.05, 4.69) is 36.9 Å². The lowest BCUT2D eigenvalue weighted by atomic mass is 9.77. The van der Waals surface area contributed by atoms with Crippen LogP contribution in [-0.2, 0) is 48.0 Å². The molecular formula is C48H62BN11O14. The van der Waals surface area contributed by atoms with Gasteiger partial charge in [0, 0.05) is 50.6 Å². The summed E-state index contributed by atoms with van der Waals surface area (Å²) in [5.74, 6) is -5.95. The van der Waals surface area contributed by atoms with Crippen molar-refractivity contribution in [1.82, 2.24) is 41.5 Å². The molecule has 25 nitrogen and oxygen atoms in total. The van der Waals surface area contributed by atoms with E-state index in [0.717, 1.165) is 37.0 Å². The molecule has 6 amide bonds. The molecule has 0 aliphatic heterocycles. The van der Waals surface area contributed by atoms with E-state index in [1.807, 2.05) is 13.8 Å². The molecule has 4 rings (SSSR count). The smallest absolute Gasteiger partial charge is 0.426 e. The Kier molecular flexibility index (Phi) is 20.5. The number of aryl methyl sites for hydroxylation is 1. The Balaban J connectivity index is 1.71. The molecule has 6 atom stereocenters. The highest BCUT2D eigenvalue weighted by atomic mass is 16.6. The van der Waals surface area contributed by atoms with Gasteiger partial charge in [-0.15, -0.1) is 0 Å². The zero-order valence-electron chi connectivity index (χ0n) is 42.2. The third-order valence-corrected chi connectivity index (χ3v) is 11.8. The van der Waals surface area contributed by atoms with E-state index in [-0.39, 0.29) is 55.1 Å². The van der Waals surface area contributed by atoms with E-state index in [1.165, 1.54) is 35.0 Å². The van der Waals surface area contributed by atoms with Crippen molar-refractivity contribution in [3.05, 3.63) is 132 Å². The van der Waals surface area contributed by atoms with Gasteiger partial charge < -0.3 is 41.9 Å². The molecule has 0 fully saturated rings. The summed E-state index contributed by atoms with van der Waals surface area (Å²) in [6.07, 6.45) is 2.00. The van der Waals surface area contributed by atoms with Crippen molar-refractivity contribution in [3.8, 4) is 5.69 Å². The van der Waals surface area contributed by atoms with Gasteiger partial charge in [-0.1, -0.05) is 77.9 Å². The zero-order valence-corrected chi connectivity index (χ0v) is 42.2. The molecule has 3 aromatic carbocycles. The van der Waals surface area contributed by atoms with Crippen molar-refractivity contribution in [3.63, 3.8) is 0 Å². The lowest BCUT2D eigenvalue weighted by Crippen LogP contribution is -2.62. The zero-order chi connectivity index (χ0) is 55.2. The number of rotatable bonds is 25. The van der Waals surface area contributed by atoms with Crippen LogP contribution in [0.15, 0.2) is 79.3 Å². The fourth-order valence-corrected chi connectivity index (χ4v) is 7.81. The third kappa shape index (κ3) is 16.7. The molecular weight excluding hydrogens is 965 g/mol. The van der Waals surface area contributed by atoms with Crippen molar-refractivity contribution in [2.24, 2.45) is 11.3 Å². The number of carbonyl (C=O) groups excluding carboxylic acids is 6. The summed E-state index contributed by atoms with van der Waals surface area (Å²) in [6.45, 7) is 13.2. The molecule has 396 valence electrons. The molecule has 0 spiro atoms. The first-order valence-corrected chi connectivity index (χ1v) is 23.6. The maximum absolute atomic E-state index is 14.7. The number of nitro groups is 3. The maximum Gasteiger partial charge on any atom is 0.475 e. The van der Waals surface area contributed by atoms with Crippen LogP contribution in [0.3, 0.4) is 0 Å². The van der Waals surface area contributed by atoms with Crippen LogP contribution in [0.5, 0.6) is 0 Å². The molecule has 0 bridgehead atoms. The van der Waals surface area contributed by atoms with Crippen molar-refractivity contribution in [2.45, 2.75) is 124 Å². The Morgan fingerprint density at radius 1 is 0.689 bits per heavy atom. The largest absolute Gasteiger partial charge is 0.475 e. The Hall–Kier alpha value is -8.13. The topological polar surface area (TPSA) is 362 Å². The first-order valence-electron chi connectivity index (χ1n) is 23.6. The number of hydrogen-bond acceptors (Lipinski definition) is 15. The lowest BCUT2D eigenvalue weighted by molar-refractivity contribution is -0.394. The third-order valence-electron chi connectivity index (χ3n) is 11.8. The number of benzene rings is 3. The molecule has 0 aliphatic carbocycles. The predicted molar refractivity (Wildman–Crippen MR) is 269 cm³/mol. The minimum atomic E-state index is -1.87. The van der Waals surface area contributed by atoms with E-state index in [4.69, 9.17) is 0 Å². The van der Waals surface area contributed by atoms with E-state index in [9.17, 15) is 69.2 Å². The van der Waals surface area contributed by atoms with Gasteiger partial charge in [0.05, 0.1) is 38.8 Å². The highest BCUT2D eigenvalue weighted by Gasteiger charge is 2.39. The molecule has 0 radical (unpaired) electrons. The molecule has 0 saturated heterocycles. The molecule has 74 heavy (non-hydrogen) atoms. The molecule has 4 aromatic rings. The van der Waals surface area contributed by atoms with Gasteiger partial charge in [0.1, 0.15) is 35.9 Å². The van der Waals surface area contributed by atoms with Gasteiger partial charge in [0.25, 0.3) is 17.1 Å². The molecule has 26 heteroatoms. The molecule has 1 heterocycles. The monoisotopic (exact) mass is 1030 g/mol. The van der Waals surface area contributed by atoms with Crippen LogP contribution in [0.1, 0.15) is 83.7 Å². The lowest BCUT2D eigenvalue weighted by Gasteiger charge is -2.34. The minimum absolute atomic E-state index is 0.0953. The predicted octanol–water partition coefficient (Wildman–Crippen LogP) is 2.38. The van der Waals surface area contributed by atoms with E-state index < -0.39 is 110 Å². The highest BCUT2D eigenvalue weighted by Crippen LogP contribution is 2.28. The van der Waals surface area contributed by atoms with Crippen LogP contribution < -0.4 is 31.9 Å². The van der Waals surface area contributed by atoms with E-state index in [0.29, 0.717) is 11.1 Å². The summed E-state index contributed by atoms with van der Waals surface area (Å²) in [5.41, 5.74) is -0.715. The van der Waals surface area contributed by atoms with Crippen molar-refractivity contribution >= 4 is 59.6 Å². The fraction of sp³-hybridized carbons (Fsp3) is 0.438. The van der Waals surface area contributed by atoms with Gasteiger partial charge in [-0.2, -0.15) is 0 Å². The average Bonchev–Trinajstić information content (AvgIpc) is 3.79. The van der Waals surface area contributed by atoms with Crippen LogP contribution in [0.4, 0.5) is 17.1 Å². The maximum atomic E-state index is 14.7. The second-order valence-electron chi connectivity index (χ2n) is 19.2. The number of aromatic nitrogens is 2. The highest BCUT2D eigenvalue weighted by molar-refractivity contribution is 6.43. The van der Waals surface area contributed by atoms with Gasteiger partial charge in [-0.25, -0.2) is 4.98 Å². The Morgan fingerprint density at radius 2 is 1.23 bits per heavy atom. The number of non-ortho nitro benzene ring substituents is 2. The van der Waals surface area contributed by atoms with Gasteiger partial charge >= 0.3 is 7.12 Å². The summed E-state index contributed by atoms with van der Waals surface area (Å²) < 4.78 is 1.20. The number of nitrogens with one attached hydrogen (secondary N) is 6. The number of amides is 6. The van der Waals surface area contributed by atoms with Crippen molar-refractivity contribution in [1.29, 1.82) is 0 Å². The number of hydrogen-bond donors (Lipinski definition) is 8. The van der Waals surface area contributed by atoms with Crippen LogP contribution in [-0.4, -0.2) is 113 Å². The van der Waals surface area contributed by atoms with Crippen LogP contribution in [0.25, 0.3) is 5.69 Å². The summed E-state index contributed by atoms with van der Waals surface area (Å²) in [7, 11) is -1.87.